The summed E-state index contributed by atoms with van der Waals surface area (Å²) in [4.78, 5) is 14.4. The minimum absolute atomic E-state index is 0.239. The lowest BCUT2D eigenvalue weighted by atomic mass is 10.1. The maximum Gasteiger partial charge on any atom is 0.255 e. The van der Waals surface area contributed by atoms with Gasteiger partial charge in [-0.2, -0.15) is 0 Å². The van der Waals surface area contributed by atoms with Crippen LogP contribution in [0.25, 0.3) is 10.9 Å². The molecule has 4 heteroatoms. The smallest absolute Gasteiger partial charge is 0.255 e. The van der Waals surface area contributed by atoms with Crippen LogP contribution in [0.4, 0.5) is 4.39 Å². The number of aromatic nitrogens is 1. The van der Waals surface area contributed by atoms with Crippen molar-refractivity contribution in [3.8, 4) is 5.75 Å². The Bertz CT molecular complexity index is 660. The Morgan fingerprint density at radius 1 is 1.47 bits per heavy atom. The Morgan fingerprint density at radius 3 is 3.06 bits per heavy atom. The zero-order valence-corrected chi connectivity index (χ0v) is 9.47. The molecule has 1 aliphatic rings. The van der Waals surface area contributed by atoms with E-state index in [1.807, 2.05) is 13.0 Å². The Labute approximate surface area is 97.2 Å². The lowest BCUT2D eigenvalue weighted by molar-refractivity contribution is 0.360. The average Bonchev–Trinajstić information content (AvgIpc) is 2.81. The molecule has 2 heterocycles. The summed E-state index contributed by atoms with van der Waals surface area (Å²) in [6.45, 7) is 2.38. The van der Waals surface area contributed by atoms with Gasteiger partial charge in [0.25, 0.3) is 5.56 Å². The summed E-state index contributed by atoms with van der Waals surface area (Å²) in [7, 11) is 0. The van der Waals surface area contributed by atoms with E-state index in [-0.39, 0.29) is 16.9 Å². The van der Waals surface area contributed by atoms with Crippen LogP contribution in [0.15, 0.2) is 16.9 Å². The van der Waals surface area contributed by atoms with E-state index < -0.39 is 0 Å². The molecule has 0 atom stereocenters. The van der Waals surface area contributed by atoms with Crippen LogP contribution in [0.1, 0.15) is 18.1 Å². The first-order valence-corrected chi connectivity index (χ1v) is 5.71. The van der Waals surface area contributed by atoms with Gasteiger partial charge in [-0.1, -0.05) is 13.0 Å². The molecule has 17 heavy (non-hydrogen) atoms. The quantitative estimate of drug-likeness (QED) is 0.820. The predicted octanol–water partition coefficient (Wildman–Crippen LogP) is 2.16. The third-order valence-electron chi connectivity index (χ3n) is 3.23. The zero-order valence-electron chi connectivity index (χ0n) is 9.47. The molecule has 0 spiro atoms. The third kappa shape index (κ3) is 1.37. The van der Waals surface area contributed by atoms with Crippen molar-refractivity contribution < 1.29 is 9.13 Å². The first-order valence-electron chi connectivity index (χ1n) is 5.71. The highest BCUT2D eigenvalue weighted by atomic mass is 19.1. The van der Waals surface area contributed by atoms with Crippen molar-refractivity contribution in [1.29, 1.82) is 0 Å². The van der Waals surface area contributed by atoms with Crippen molar-refractivity contribution in [2.45, 2.75) is 19.8 Å². The lowest BCUT2D eigenvalue weighted by Crippen LogP contribution is -2.11. The molecule has 1 aliphatic heterocycles. The number of rotatable bonds is 1. The lowest BCUT2D eigenvalue weighted by Gasteiger charge is -2.07. The Hall–Kier alpha value is -1.84. The van der Waals surface area contributed by atoms with E-state index in [9.17, 15) is 9.18 Å². The molecule has 1 aromatic carbocycles. The molecule has 2 aromatic rings. The first kappa shape index (κ1) is 10.3. The van der Waals surface area contributed by atoms with E-state index in [0.717, 1.165) is 0 Å². The first-order chi connectivity index (χ1) is 8.22. The Kier molecular flexibility index (Phi) is 2.18. The highest BCUT2D eigenvalue weighted by Gasteiger charge is 2.21. The number of ether oxygens (including phenoxy) is 1. The zero-order chi connectivity index (χ0) is 12.0. The summed E-state index contributed by atoms with van der Waals surface area (Å²) in [5, 5.41) is 0.659. The van der Waals surface area contributed by atoms with E-state index in [4.69, 9.17) is 4.74 Å². The van der Waals surface area contributed by atoms with Crippen LogP contribution in [0.5, 0.6) is 5.75 Å². The minimum Gasteiger partial charge on any atom is -0.492 e. The van der Waals surface area contributed by atoms with Gasteiger partial charge in [-0.15, -0.1) is 0 Å². The molecule has 1 N–H and O–H groups in total. The number of fused-ring (bicyclic) bond motifs is 3. The van der Waals surface area contributed by atoms with Crippen molar-refractivity contribution >= 4 is 10.9 Å². The van der Waals surface area contributed by atoms with E-state index >= 15 is 0 Å². The fourth-order valence-corrected chi connectivity index (χ4v) is 2.31. The third-order valence-corrected chi connectivity index (χ3v) is 3.23. The fraction of sp³-hybridized carbons (Fsp3) is 0.308. The molecular formula is C13H12FNO2. The molecular weight excluding hydrogens is 221 g/mol. The van der Waals surface area contributed by atoms with E-state index in [1.54, 1.807) is 6.07 Å². The van der Waals surface area contributed by atoms with Crippen molar-refractivity contribution in [1.82, 2.24) is 4.98 Å². The van der Waals surface area contributed by atoms with Crippen LogP contribution in [0.3, 0.4) is 0 Å². The Balaban J connectivity index is 2.45. The van der Waals surface area contributed by atoms with Gasteiger partial charge in [0.05, 0.1) is 17.7 Å². The van der Waals surface area contributed by atoms with Crippen molar-refractivity contribution in [3.63, 3.8) is 0 Å². The summed E-state index contributed by atoms with van der Waals surface area (Å²) in [6.07, 6.45) is 1.19. The second-order valence-corrected chi connectivity index (χ2v) is 4.18. The molecule has 3 nitrogen and oxygen atoms in total. The van der Waals surface area contributed by atoms with Crippen LogP contribution >= 0.6 is 0 Å². The fourth-order valence-electron chi connectivity index (χ4n) is 2.31. The number of nitrogens with one attached hydrogen (secondary N) is 1. The number of halogens is 1. The number of benzene rings is 1. The molecule has 0 fully saturated rings. The standard InChI is InChI=1S/C13H12FNO2/c1-2-7-3-4-8-11(10(7)14)15-13(16)9-5-6-17-12(8)9/h3-4H,2,5-6H2,1H3,(H,15,16). The normalized spacial score (nSPS) is 13.8. The maximum absolute atomic E-state index is 14.1. The highest BCUT2D eigenvalue weighted by Crippen LogP contribution is 2.32. The van der Waals surface area contributed by atoms with Gasteiger partial charge in [0.1, 0.15) is 5.75 Å². The molecule has 0 saturated carbocycles. The summed E-state index contributed by atoms with van der Waals surface area (Å²) in [5.41, 5.74) is 1.25. The van der Waals surface area contributed by atoms with Crippen LogP contribution < -0.4 is 10.3 Å². The van der Waals surface area contributed by atoms with Gasteiger partial charge in [0.15, 0.2) is 5.82 Å². The predicted molar refractivity (Wildman–Crippen MR) is 63.1 cm³/mol. The van der Waals surface area contributed by atoms with Gasteiger partial charge in [-0.05, 0) is 18.1 Å². The van der Waals surface area contributed by atoms with Crippen LogP contribution in [0.2, 0.25) is 0 Å². The average molecular weight is 233 g/mol. The number of aryl methyl sites for hydroxylation is 1. The van der Waals surface area contributed by atoms with Crippen molar-refractivity contribution in [3.05, 3.63) is 39.4 Å². The number of hydrogen-bond donors (Lipinski definition) is 1. The minimum atomic E-state index is -0.347. The molecule has 0 aliphatic carbocycles. The van der Waals surface area contributed by atoms with Crippen molar-refractivity contribution in [2.24, 2.45) is 0 Å². The van der Waals surface area contributed by atoms with Crippen molar-refractivity contribution in [2.75, 3.05) is 6.61 Å². The number of hydrogen-bond acceptors (Lipinski definition) is 2. The second kappa shape index (κ2) is 3.58. The van der Waals surface area contributed by atoms with Crippen LogP contribution in [-0.4, -0.2) is 11.6 Å². The monoisotopic (exact) mass is 233 g/mol. The second-order valence-electron chi connectivity index (χ2n) is 4.18. The van der Waals surface area contributed by atoms with E-state index in [0.29, 0.717) is 41.7 Å². The molecule has 3 rings (SSSR count). The van der Waals surface area contributed by atoms with E-state index in [2.05, 4.69) is 4.98 Å². The van der Waals surface area contributed by atoms with E-state index in [1.165, 1.54) is 0 Å². The topological polar surface area (TPSA) is 42.1 Å². The van der Waals surface area contributed by atoms with Crippen LogP contribution in [0, 0.1) is 5.82 Å². The maximum atomic E-state index is 14.1. The molecule has 1 aromatic heterocycles. The molecule has 88 valence electrons. The molecule has 0 amide bonds. The molecule has 0 bridgehead atoms. The van der Waals surface area contributed by atoms with Gasteiger partial charge in [0.2, 0.25) is 0 Å². The highest BCUT2D eigenvalue weighted by molar-refractivity contribution is 5.87. The SMILES string of the molecule is CCc1ccc2c3c(c(=O)[nH]c2c1F)CCO3. The van der Waals surface area contributed by atoms with Gasteiger partial charge in [0, 0.05) is 11.8 Å². The summed E-state index contributed by atoms with van der Waals surface area (Å²) < 4.78 is 19.5. The Morgan fingerprint density at radius 2 is 2.29 bits per heavy atom. The van der Waals surface area contributed by atoms with Crippen LogP contribution in [-0.2, 0) is 12.8 Å². The largest absolute Gasteiger partial charge is 0.492 e. The summed E-state index contributed by atoms with van der Waals surface area (Å²) in [6, 6.07) is 3.56. The molecule has 0 saturated heterocycles. The van der Waals surface area contributed by atoms with Gasteiger partial charge < -0.3 is 9.72 Å². The number of aromatic amines is 1. The number of pyridine rings is 1. The molecule has 0 radical (unpaired) electrons. The summed E-state index contributed by atoms with van der Waals surface area (Å²) >= 11 is 0. The number of H-pyrrole nitrogens is 1. The van der Waals surface area contributed by atoms with Gasteiger partial charge in [-0.25, -0.2) is 4.39 Å². The van der Waals surface area contributed by atoms with Gasteiger partial charge >= 0.3 is 0 Å². The van der Waals surface area contributed by atoms with Gasteiger partial charge in [-0.3, -0.25) is 4.79 Å². The summed E-state index contributed by atoms with van der Waals surface area (Å²) in [5.74, 6) is 0.200. The molecule has 0 unspecified atom stereocenters.